The average Bonchev–Trinajstić information content (AvgIpc) is 3.30. The van der Waals surface area contributed by atoms with E-state index in [1.807, 2.05) is 0 Å². The number of nitro groups is 1. The first kappa shape index (κ1) is 21.6. The Bertz CT molecular complexity index is 1660. The molecule has 0 aliphatic carbocycles. The normalized spacial score (nSPS) is 10.9. The van der Waals surface area contributed by atoms with Crippen LogP contribution in [-0.4, -0.2) is 35.7 Å². The molecule has 5 rings (SSSR count). The summed E-state index contributed by atoms with van der Waals surface area (Å²) in [4.78, 5) is 45.3. The highest BCUT2D eigenvalue weighted by molar-refractivity contribution is 6.00. The fraction of sp³-hybridized carbons (Fsp3) is 0. The van der Waals surface area contributed by atoms with Crippen LogP contribution in [0.4, 0.5) is 10.1 Å². The van der Waals surface area contributed by atoms with E-state index in [9.17, 15) is 24.1 Å². The number of halogens is 1. The first-order valence-corrected chi connectivity index (χ1v) is 10.2. The predicted molar refractivity (Wildman–Crippen MR) is 124 cm³/mol. The van der Waals surface area contributed by atoms with Crippen molar-refractivity contribution >= 4 is 22.6 Å². The van der Waals surface area contributed by atoms with E-state index >= 15 is 0 Å². The lowest BCUT2D eigenvalue weighted by molar-refractivity contribution is -0.384. The first-order chi connectivity index (χ1) is 16.9. The number of pyridine rings is 1. The summed E-state index contributed by atoms with van der Waals surface area (Å²) < 4.78 is 15.3. The number of hydrogen-bond donors (Lipinski definition) is 2. The molecule has 0 spiro atoms. The van der Waals surface area contributed by atoms with Crippen molar-refractivity contribution in [2.24, 2.45) is 0 Å². The minimum Gasteiger partial charge on any atom is -0.270 e. The predicted octanol–water partition coefficient (Wildman–Crippen LogP) is 3.28. The number of amides is 1. The number of nitrogens with zero attached hydrogens (tertiary/aromatic N) is 5. The van der Waals surface area contributed by atoms with Crippen molar-refractivity contribution in [1.29, 1.82) is 0 Å². The number of benzene rings is 2. The van der Waals surface area contributed by atoms with Gasteiger partial charge in [0.15, 0.2) is 11.3 Å². The third kappa shape index (κ3) is 3.88. The number of fused-ring (bicyclic) bond motifs is 1. The Morgan fingerprint density at radius 1 is 1.11 bits per heavy atom. The number of H-pyrrole nitrogens is 1. The van der Waals surface area contributed by atoms with Crippen LogP contribution in [0.25, 0.3) is 33.7 Å². The summed E-state index contributed by atoms with van der Waals surface area (Å²) >= 11 is 0. The van der Waals surface area contributed by atoms with Crippen LogP contribution in [0.2, 0.25) is 0 Å². The molecule has 0 saturated heterocycles. The van der Waals surface area contributed by atoms with Crippen LogP contribution in [0.3, 0.4) is 0 Å². The summed E-state index contributed by atoms with van der Waals surface area (Å²) in [6.45, 7) is 0. The molecule has 0 unspecified atom stereocenters. The molecule has 12 heteroatoms. The molecule has 3 aromatic heterocycles. The van der Waals surface area contributed by atoms with E-state index in [1.54, 1.807) is 12.1 Å². The van der Waals surface area contributed by atoms with Crippen molar-refractivity contribution in [2.45, 2.75) is 0 Å². The quantitative estimate of drug-likeness (QED) is 0.295. The lowest BCUT2D eigenvalue weighted by atomic mass is 10.1. The summed E-state index contributed by atoms with van der Waals surface area (Å²) in [6, 6.07) is 14.3. The maximum absolute atomic E-state index is 14.5. The fourth-order valence-corrected chi connectivity index (χ4v) is 3.52. The summed E-state index contributed by atoms with van der Waals surface area (Å²) in [6.07, 6.45) is 2.80. The SMILES string of the molecule is O=C(Nn1c(-c2cccc([N+](=O)[O-])c2)nc2c(-c3ccccc3F)n[nH]c2c1=O)c1cccnc1. The largest absolute Gasteiger partial charge is 0.298 e. The summed E-state index contributed by atoms with van der Waals surface area (Å²) in [5.74, 6) is -1.35. The standard InChI is InChI=1S/C23H14FN7O4/c24-17-9-2-1-8-16(17)18-19-20(28-27-18)23(33)30(29-22(32)14-6-4-10-25-12-14)21(26-19)13-5-3-7-15(11-13)31(34)35/h1-12H,(H,27,28)(H,29,32). The second-order valence-electron chi connectivity index (χ2n) is 7.34. The molecule has 35 heavy (non-hydrogen) atoms. The third-order valence-corrected chi connectivity index (χ3v) is 5.17. The van der Waals surface area contributed by atoms with Crippen LogP contribution >= 0.6 is 0 Å². The topological polar surface area (TPSA) is 149 Å². The van der Waals surface area contributed by atoms with E-state index in [1.165, 1.54) is 60.9 Å². The van der Waals surface area contributed by atoms with Gasteiger partial charge in [-0.2, -0.15) is 9.77 Å². The highest BCUT2D eigenvalue weighted by Gasteiger charge is 2.22. The Hall–Kier alpha value is -5.26. The van der Waals surface area contributed by atoms with Gasteiger partial charge in [-0.3, -0.25) is 35.2 Å². The van der Waals surface area contributed by atoms with E-state index in [2.05, 4.69) is 25.6 Å². The summed E-state index contributed by atoms with van der Waals surface area (Å²) in [5.41, 5.74) is 1.93. The zero-order valence-corrected chi connectivity index (χ0v) is 17.7. The summed E-state index contributed by atoms with van der Waals surface area (Å²) in [5, 5.41) is 18.0. The van der Waals surface area contributed by atoms with Crippen molar-refractivity contribution in [3.63, 3.8) is 0 Å². The zero-order chi connectivity index (χ0) is 24.5. The van der Waals surface area contributed by atoms with E-state index in [0.717, 1.165) is 4.68 Å². The molecule has 0 fully saturated rings. The van der Waals surface area contributed by atoms with Crippen LogP contribution in [0.15, 0.2) is 77.9 Å². The molecule has 5 aromatic rings. The van der Waals surface area contributed by atoms with E-state index in [-0.39, 0.29) is 44.9 Å². The highest BCUT2D eigenvalue weighted by Crippen LogP contribution is 2.28. The Labute approximate surface area is 195 Å². The number of carbonyl (C=O) groups is 1. The number of nitro benzene ring substituents is 1. The van der Waals surface area contributed by atoms with Crippen molar-refractivity contribution in [3.05, 3.63) is 105 Å². The Morgan fingerprint density at radius 3 is 2.69 bits per heavy atom. The molecule has 11 nitrogen and oxygen atoms in total. The molecule has 2 aromatic carbocycles. The maximum atomic E-state index is 14.5. The van der Waals surface area contributed by atoms with E-state index in [0.29, 0.717) is 0 Å². The van der Waals surface area contributed by atoms with Crippen LogP contribution < -0.4 is 11.0 Å². The van der Waals surface area contributed by atoms with Crippen molar-refractivity contribution in [3.8, 4) is 22.6 Å². The maximum Gasteiger partial charge on any atom is 0.298 e. The monoisotopic (exact) mass is 471 g/mol. The molecule has 3 heterocycles. The summed E-state index contributed by atoms with van der Waals surface area (Å²) in [7, 11) is 0. The number of rotatable bonds is 5. The first-order valence-electron chi connectivity index (χ1n) is 10.2. The molecule has 0 aliphatic heterocycles. The molecule has 172 valence electrons. The molecule has 0 bridgehead atoms. The van der Waals surface area contributed by atoms with Gasteiger partial charge in [0.05, 0.1) is 10.5 Å². The smallest absolute Gasteiger partial charge is 0.270 e. The lowest BCUT2D eigenvalue weighted by Crippen LogP contribution is -2.35. The van der Waals surface area contributed by atoms with Crippen LogP contribution in [-0.2, 0) is 0 Å². The molecular weight excluding hydrogens is 457 g/mol. The number of non-ortho nitro benzene ring substituents is 1. The number of hydrogen-bond acceptors (Lipinski definition) is 7. The van der Waals surface area contributed by atoms with Gasteiger partial charge in [-0.05, 0) is 24.3 Å². The minimum absolute atomic E-state index is 0.0356. The van der Waals surface area contributed by atoms with Crippen LogP contribution in [0.1, 0.15) is 10.4 Å². The van der Waals surface area contributed by atoms with Crippen LogP contribution in [0, 0.1) is 15.9 Å². The van der Waals surface area contributed by atoms with Gasteiger partial charge in [0.25, 0.3) is 17.2 Å². The number of aromatic amines is 1. The lowest BCUT2D eigenvalue weighted by Gasteiger charge is -2.13. The third-order valence-electron chi connectivity index (χ3n) is 5.17. The van der Waals surface area contributed by atoms with Crippen molar-refractivity contribution in [2.75, 3.05) is 5.43 Å². The van der Waals surface area contributed by atoms with Gasteiger partial charge in [-0.15, -0.1) is 0 Å². The van der Waals surface area contributed by atoms with Gasteiger partial charge in [-0.25, -0.2) is 9.37 Å². The Kier molecular flexibility index (Phi) is 5.30. The molecule has 0 saturated carbocycles. The Morgan fingerprint density at radius 2 is 1.94 bits per heavy atom. The van der Waals surface area contributed by atoms with Crippen molar-refractivity contribution in [1.82, 2.24) is 24.8 Å². The molecule has 0 radical (unpaired) electrons. The molecule has 0 aliphatic rings. The van der Waals surface area contributed by atoms with E-state index in [4.69, 9.17) is 0 Å². The van der Waals surface area contributed by atoms with Gasteiger partial charge in [-0.1, -0.05) is 24.3 Å². The number of carbonyl (C=O) groups excluding carboxylic acids is 1. The molecule has 2 N–H and O–H groups in total. The van der Waals surface area contributed by atoms with Gasteiger partial charge < -0.3 is 0 Å². The van der Waals surface area contributed by atoms with Crippen molar-refractivity contribution < 1.29 is 14.1 Å². The average molecular weight is 471 g/mol. The van der Waals surface area contributed by atoms with E-state index < -0.39 is 22.2 Å². The minimum atomic E-state index is -0.746. The van der Waals surface area contributed by atoms with Gasteiger partial charge in [0.2, 0.25) is 0 Å². The zero-order valence-electron chi connectivity index (χ0n) is 17.7. The Balaban J connectivity index is 1.76. The number of nitrogens with one attached hydrogen (secondary N) is 2. The number of aromatic nitrogens is 5. The second-order valence-corrected chi connectivity index (χ2v) is 7.34. The van der Waals surface area contributed by atoms with Crippen LogP contribution in [0.5, 0.6) is 0 Å². The van der Waals surface area contributed by atoms with Gasteiger partial charge >= 0.3 is 0 Å². The fourth-order valence-electron chi connectivity index (χ4n) is 3.52. The van der Waals surface area contributed by atoms with Gasteiger partial charge in [0, 0.05) is 35.7 Å². The van der Waals surface area contributed by atoms with Gasteiger partial charge in [0.1, 0.15) is 17.0 Å². The molecular formula is C23H14FN7O4. The highest BCUT2D eigenvalue weighted by atomic mass is 19.1. The molecule has 0 atom stereocenters. The second kappa shape index (κ2) is 8.59. The molecule has 1 amide bonds.